The van der Waals surface area contributed by atoms with Crippen molar-refractivity contribution < 1.29 is 22.7 Å². The number of nitrogens with zero attached hydrogens (tertiary/aromatic N) is 4. The van der Waals surface area contributed by atoms with Gasteiger partial charge in [-0.2, -0.15) is 0 Å². The molecule has 1 aromatic heterocycles. The first-order valence-electron chi connectivity index (χ1n) is 9.65. The highest BCUT2D eigenvalue weighted by atomic mass is 32.2. The number of sulfonamides is 1. The molecule has 0 unspecified atom stereocenters. The fourth-order valence-corrected chi connectivity index (χ4v) is 4.35. The lowest BCUT2D eigenvalue weighted by Crippen LogP contribution is -2.26. The van der Waals surface area contributed by atoms with Gasteiger partial charge >= 0.3 is 0 Å². The summed E-state index contributed by atoms with van der Waals surface area (Å²) in [7, 11) is 2.39. The van der Waals surface area contributed by atoms with Gasteiger partial charge in [0.1, 0.15) is 0 Å². The molecular weight excluding hydrogens is 442 g/mol. The molecule has 0 radical (unpaired) electrons. The fourth-order valence-electron chi connectivity index (χ4n) is 2.62. The number of rotatable bonds is 12. The molecule has 2 rings (SSSR count). The highest BCUT2D eigenvalue weighted by molar-refractivity contribution is 7.99. The first kappa shape index (κ1) is 25.3. The van der Waals surface area contributed by atoms with Crippen molar-refractivity contribution in [3.8, 4) is 11.4 Å². The van der Waals surface area contributed by atoms with Crippen LogP contribution in [-0.2, 0) is 30.8 Å². The van der Waals surface area contributed by atoms with E-state index in [2.05, 4.69) is 15.5 Å². The van der Waals surface area contributed by atoms with E-state index >= 15 is 0 Å². The molecule has 10 nitrogen and oxygen atoms in total. The van der Waals surface area contributed by atoms with Crippen LogP contribution in [0.5, 0.6) is 0 Å². The van der Waals surface area contributed by atoms with Gasteiger partial charge in [0.25, 0.3) is 0 Å². The molecule has 12 heteroatoms. The van der Waals surface area contributed by atoms with Crippen LogP contribution in [0.15, 0.2) is 34.3 Å². The Labute approximate surface area is 187 Å². The summed E-state index contributed by atoms with van der Waals surface area (Å²) in [5.41, 5.74) is 0.573. The second-order valence-corrected chi connectivity index (χ2v) is 9.87. The van der Waals surface area contributed by atoms with E-state index in [9.17, 15) is 13.2 Å². The van der Waals surface area contributed by atoms with Crippen LogP contribution in [0.25, 0.3) is 11.4 Å². The van der Waals surface area contributed by atoms with Gasteiger partial charge in [-0.3, -0.25) is 9.36 Å². The minimum Gasteiger partial charge on any atom is -0.355 e. The summed E-state index contributed by atoms with van der Waals surface area (Å²) in [5.74, 6) is 0.529. The average molecular weight is 472 g/mol. The van der Waals surface area contributed by atoms with E-state index in [0.717, 1.165) is 10.7 Å². The Kier molecular flexibility index (Phi) is 9.44. The summed E-state index contributed by atoms with van der Waals surface area (Å²) in [4.78, 5) is 12.2. The molecule has 31 heavy (non-hydrogen) atoms. The predicted molar refractivity (Wildman–Crippen MR) is 118 cm³/mol. The van der Waals surface area contributed by atoms with E-state index in [4.69, 9.17) is 9.47 Å². The van der Waals surface area contributed by atoms with Crippen LogP contribution < -0.4 is 5.32 Å². The maximum Gasteiger partial charge on any atom is 0.242 e. The van der Waals surface area contributed by atoms with E-state index in [1.54, 1.807) is 22.8 Å². The van der Waals surface area contributed by atoms with Crippen molar-refractivity contribution >= 4 is 27.7 Å². The monoisotopic (exact) mass is 471 g/mol. The Balaban J connectivity index is 2.41. The van der Waals surface area contributed by atoms with Crippen LogP contribution in [0.4, 0.5) is 0 Å². The SMILES string of the molecule is CCCNC(=O)CSc1nnc(-c2cccc(S(=O)(=O)N(C)C)c2)n1CC(OC)OC. The number of amides is 1. The number of hydrogen-bond acceptors (Lipinski definition) is 8. The van der Waals surface area contributed by atoms with Crippen molar-refractivity contribution in [3.63, 3.8) is 0 Å². The third-order valence-corrected chi connectivity index (χ3v) is 7.13. The molecule has 1 N–H and O–H groups in total. The van der Waals surface area contributed by atoms with Crippen LogP contribution in [0.2, 0.25) is 0 Å². The average Bonchev–Trinajstić information content (AvgIpc) is 3.16. The predicted octanol–water partition coefficient (Wildman–Crippen LogP) is 1.43. The van der Waals surface area contributed by atoms with Gasteiger partial charge in [-0.25, -0.2) is 12.7 Å². The molecule has 0 aliphatic rings. The number of methoxy groups -OCH3 is 2. The maximum atomic E-state index is 12.5. The van der Waals surface area contributed by atoms with Crippen molar-refractivity contribution in [2.75, 3.05) is 40.6 Å². The number of nitrogens with one attached hydrogen (secondary N) is 1. The Hall–Kier alpha value is -1.99. The molecule has 0 bridgehead atoms. The van der Waals surface area contributed by atoms with Crippen LogP contribution in [-0.4, -0.2) is 80.3 Å². The third-order valence-electron chi connectivity index (χ3n) is 4.35. The van der Waals surface area contributed by atoms with Gasteiger partial charge in [0, 0.05) is 40.4 Å². The van der Waals surface area contributed by atoms with E-state index in [1.807, 2.05) is 6.92 Å². The van der Waals surface area contributed by atoms with Crippen molar-refractivity contribution in [2.24, 2.45) is 0 Å². The second-order valence-electron chi connectivity index (χ2n) is 6.77. The molecule has 0 saturated heterocycles. The molecule has 1 amide bonds. The normalized spacial score (nSPS) is 12.0. The quantitative estimate of drug-likeness (QED) is 0.365. The number of hydrogen-bond donors (Lipinski definition) is 1. The van der Waals surface area contributed by atoms with Crippen molar-refractivity contribution in [2.45, 2.75) is 36.2 Å². The zero-order valence-electron chi connectivity index (χ0n) is 18.4. The summed E-state index contributed by atoms with van der Waals surface area (Å²) in [6, 6.07) is 6.49. The lowest BCUT2D eigenvalue weighted by atomic mass is 10.2. The van der Waals surface area contributed by atoms with Crippen LogP contribution in [0.1, 0.15) is 13.3 Å². The molecule has 1 aromatic carbocycles. The first-order valence-corrected chi connectivity index (χ1v) is 12.1. The largest absolute Gasteiger partial charge is 0.355 e. The minimum atomic E-state index is -3.61. The Morgan fingerprint density at radius 1 is 1.26 bits per heavy atom. The fraction of sp³-hybridized carbons (Fsp3) is 0.526. The number of thioether (sulfide) groups is 1. The number of ether oxygens (including phenoxy) is 2. The first-order chi connectivity index (χ1) is 14.7. The summed E-state index contributed by atoms with van der Waals surface area (Å²) in [6.45, 7) is 2.86. The van der Waals surface area contributed by atoms with Gasteiger partial charge in [-0.15, -0.1) is 10.2 Å². The van der Waals surface area contributed by atoms with Gasteiger partial charge < -0.3 is 14.8 Å². The van der Waals surface area contributed by atoms with Gasteiger partial charge in [-0.05, 0) is 18.6 Å². The standard InChI is InChI=1S/C19H29N5O5S2/c1-6-10-20-16(25)13-30-19-22-21-18(24(19)12-17(28-4)29-5)14-8-7-9-15(11-14)31(26,27)23(2)3/h7-9,11,17H,6,10,12-13H2,1-5H3,(H,20,25). The van der Waals surface area contributed by atoms with Gasteiger partial charge in [0.05, 0.1) is 17.2 Å². The summed E-state index contributed by atoms with van der Waals surface area (Å²) >= 11 is 1.24. The number of carbonyl (C=O) groups is 1. The van der Waals surface area contributed by atoms with Crippen LogP contribution in [0, 0.1) is 0 Å². The van der Waals surface area contributed by atoms with E-state index in [1.165, 1.54) is 46.1 Å². The molecule has 2 aromatic rings. The second kappa shape index (κ2) is 11.6. The Morgan fingerprint density at radius 2 is 1.97 bits per heavy atom. The molecule has 0 aliphatic carbocycles. The summed E-state index contributed by atoms with van der Waals surface area (Å²) < 4.78 is 38.6. The van der Waals surface area contributed by atoms with Crippen molar-refractivity contribution in [1.82, 2.24) is 24.4 Å². The lowest BCUT2D eigenvalue weighted by molar-refractivity contribution is -0.118. The molecule has 172 valence electrons. The molecule has 0 atom stereocenters. The summed E-state index contributed by atoms with van der Waals surface area (Å²) in [6.07, 6.45) is 0.281. The molecular formula is C19H29N5O5S2. The molecule has 0 spiro atoms. The topological polar surface area (TPSA) is 116 Å². The Bertz CT molecular complexity index is 974. The highest BCUT2D eigenvalue weighted by Crippen LogP contribution is 2.27. The third kappa shape index (κ3) is 6.50. The number of benzene rings is 1. The number of carbonyl (C=O) groups excluding carboxylic acids is 1. The maximum absolute atomic E-state index is 12.5. The summed E-state index contributed by atoms with van der Waals surface area (Å²) in [5, 5.41) is 11.8. The Morgan fingerprint density at radius 3 is 2.58 bits per heavy atom. The smallest absolute Gasteiger partial charge is 0.242 e. The van der Waals surface area contributed by atoms with Crippen molar-refractivity contribution in [3.05, 3.63) is 24.3 Å². The van der Waals surface area contributed by atoms with Gasteiger partial charge in [0.2, 0.25) is 15.9 Å². The van der Waals surface area contributed by atoms with E-state index in [0.29, 0.717) is 23.1 Å². The minimum absolute atomic E-state index is 0.0999. The lowest BCUT2D eigenvalue weighted by Gasteiger charge is -2.17. The molecule has 0 fully saturated rings. The van der Waals surface area contributed by atoms with E-state index < -0.39 is 16.3 Å². The van der Waals surface area contributed by atoms with Gasteiger partial charge in [0.15, 0.2) is 17.3 Å². The van der Waals surface area contributed by atoms with Crippen LogP contribution >= 0.6 is 11.8 Å². The molecule has 1 heterocycles. The number of aromatic nitrogens is 3. The van der Waals surface area contributed by atoms with Crippen molar-refractivity contribution in [1.29, 1.82) is 0 Å². The zero-order chi connectivity index (χ0) is 23.0. The highest BCUT2D eigenvalue weighted by Gasteiger charge is 2.22. The zero-order valence-corrected chi connectivity index (χ0v) is 20.0. The van der Waals surface area contributed by atoms with Crippen LogP contribution in [0.3, 0.4) is 0 Å². The molecule has 0 saturated carbocycles. The molecule has 0 aliphatic heterocycles. The van der Waals surface area contributed by atoms with E-state index in [-0.39, 0.29) is 23.1 Å². The van der Waals surface area contributed by atoms with Gasteiger partial charge in [-0.1, -0.05) is 30.8 Å².